The number of hydrogen-bond acceptors (Lipinski definition) is 2. The van der Waals surface area contributed by atoms with Crippen LogP contribution in [0.5, 0.6) is 0 Å². The topological polar surface area (TPSA) is 15.3 Å². The van der Waals surface area contributed by atoms with Crippen molar-refractivity contribution in [3.8, 4) is 11.1 Å². The lowest BCUT2D eigenvalue weighted by atomic mass is 9.85. The monoisotopic (exact) mass is 266 g/mol. The summed E-state index contributed by atoms with van der Waals surface area (Å²) in [5, 5.41) is 3.49. The molecule has 0 aromatic heterocycles. The lowest BCUT2D eigenvalue weighted by Crippen LogP contribution is -2.27. The number of rotatable bonds is 2. The second-order valence-electron chi connectivity index (χ2n) is 5.85. The zero-order valence-electron chi connectivity index (χ0n) is 12.5. The zero-order chi connectivity index (χ0) is 14.1. The molecular formula is C18H22N2. The third kappa shape index (κ3) is 2.32. The van der Waals surface area contributed by atoms with Crippen LogP contribution in [-0.4, -0.2) is 20.6 Å². The van der Waals surface area contributed by atoms with Crippen molar-refractivity contribution in [2.45, 2.75) is 19.4 Å². The maximum atomic E-state index is 3.49. The molecule has 0 bridgehead atoms. The first kappa shape index (κ1) is 13.2. The van der Waals surface area contributed by atoms with E-state index in [1.54, 1.807) is 0 Å². The molecule has 1 aliphatic heterocycles. The maximum absolute atomic E-state index is 3.49. The Morgan fingerprint density at radius 2 is 1.80 bits per heavy atom. The van der Waals surface area contributed by atoms with Gasteiger partial charge in [0.2, 0.25) is 0 Å². The van der Waals surface area contributed by atoms with Gasteiger partial charge in [-0.2, -0.15) is 0 Å². The lowest BCUT2D eigenvalue weighted by molar-refractivity contribution is 0.572. The third-order valence-corrected chi connectivity index (χ3v) is 4.15. The standard InChI is InChI=1S/C18H22N2/c1-13-11-19-12-15-5-4-6-17(18(13)15)14-7-9-16(10-8-14)20(2)3/h4-10,13,19H,11-12H2,1-3H3. The molecule has 0 saturated heterocycles. The summed E-state index contributed by atoms with van der Waals surface area (Å²) in [6.45, 7) is 4.37. The minimum atomic E-state index is 0.573. The van der Waals surface area contributed by atoms with Crippen molar-refractivity contribution in [3.05, 3.63) is 53.6 Å². The number of benzene rings is 2. The van der Waals surface area contributed by atoms with Crippen molar-refractivity contribution in [2.75, 3.05) is 25.5 Å². The quantitative estimate of drug-likeness (QED) is 0.893. The Labute approximate surface area is 121 Å². The van der Waals surface area contributed by atoms with Gasteiger partial charge in [-0.15, -0.1) is 0 Å². The van der Waals surface area contributed by atoms with Crippen LogP contribution in [0.25, 0.3) is 11.1 Å². The maximum Gasteiger partial charge on any atom is 0.0361 e. The summed E-state index contributed by atoms with van der Waals surface area (Å²) in [6.07, 6.45) is 0. The van der Waals surface area contributed by atoms with Crippen LogP contribution in [0.3, 0.4) is 0 Å². The highest BCUT2D eigenvalue weighted by molar-refractivity contribution is 5.71. The van der Waals surface area contributed by atoms with E-state index in [0.717, 1.165) is 13.1 Å². The van der Waals surface area contributed by atoms with E-state index in [1.165, 1.54) is 27.9 Å². The second kappa shape index (κ2) is 5.29. The van der Waals surface area contributed by atoms with Crippen molar-refractivity contribution >= 4 is 5.69 Å². The largest absolute Gasteiger partial charge is 0.378 e. The van der Waals surface area contributed by atoms with Gasteiger partial charge in [-0.3, -0.25) is 0 Å². The summed E-state index contributed by atoms with van der Waals surface area (Å²) in [5.74, 6) is 0.573. The van der Waals surface area contributed by atoms with E-state index in [4.69, 9.17) is 0 Å². The van der Waals surface area contributed by atoms with Gasteiger partial charge in [-0.1, -0.05) is 37.3 Å². The highest BCUT2D eigenvalue weighted by atomic mass is 15.1. The minimum absolute atomic E-state index is 0.573. The van der Waals surface area contributed by atoms with Crippen LogP contribution in [0, 0.1) is 0 Å². The summed E-state index contributed by atoms with van der Waals surface area (Å²) >= 11 is 0. The van der Waals surface area contributed by atoms with Crippen LogP contribution in [0.15, 0.2) is 42.5 Å². The molecule has 0 spiro atoms. The van der Waals surface area contributed by atoms with Gasteiger partial charge < -0.3 is 10.2 Å². The van der Waals surface area contributed by atoms with E-state index in [9.17, 15) is 0 Å². The fourth-order valence-electron chi connectivity index (χ4n) is 3.07. The first-order valence-corrected chi connectivity index (χ1v) is 7.27. The third-order valence-electron chi connectivity index (χ3n) is 4.15. The number of fused-ring (bicyclic) bond motifs is 1. The van der Waals surface area contributed by atoms with Crippen molar-refractivity contribution in [1.82, 2.24) is 5.32 Å². The fraction of sp³-hybridized carbons (Fsp3) is 0.333. The summed E-state index contributed by atoms with van der Waals surface area (Å²) in [7, 11) is 4.15. The molecule has 104 valence electrons. The number of hydrogen-bond donors (Lipinski definition) is 1. The molecule has 0 saturated carbocycles. The van der Waals surface area contributed by atoms with Crippen LogP contribution in [0.1, 0.15) is 24.0 Å². The van der Waals surface area contributed by atoms with Gasteiger partial charge in [-0.05, 0) is 40.3 Å². The Hall–Kier alpha value is -1.80. The Morgan fingerprint density at radius 1 is 1.05 bits per heavy atom. The molecule has 1 N–H and O–H groups in total. The van der Waals surface area contributed by atoms with Gasteiger partial charge in [-0.25, -0.2) is 0 Å². The van der Waals surface area contributed by atoms with Crippen LogP contribution < -0.4 is 10.2 Å². The molecule has 2 aromatic carbocycles. The first-order valence-electron chi connectivity index (χ1n) is 7.27. The van der Waals surface area contributed by atoms with Crippen LogP contribution in [-0.2, 0) is 6.54 Å². The molecule has 2 nitrogen and oxygen atoms in total. The SMILES string of the molecule is CC1CNCc2cccc(-c3ccc(N(C)C)cc3)c21. The van der Waals surface area contributed by atoms with Crippen LogP contribution in [0.4, 0.5) is 5.69 Å². The van der Waals surface area contributed by atoms with Crippen molar-refractivity contribution in [2.24, 2.45) is 0 Å². The average molecular weight is 266 g/mol. The molecular weight excluding hydrogens is 244 g/mol. The summed E-state index contributed by atoms with van der Waals surface area (Å²) in [6, 6.07) is 15.5. The zero-order valence-corrected chi connectivity index (χ0v) is 12.5. The molecule has 0 fully saturated rings. The predicted octanol–water partition coefficient (Wildman–Crippen LogP) is 3.63. The molecule has 0 aliphatic carbocycles. The average Bonchev–Trinajstić information content (AvgIpc) is 2.47. The van der Waals surface area contributed by atoms with Crippen LogP contribution >= 0.6 is 0 Å². The normalized spacial score (nSPS) is 17.6. The van der Waals surface area contributed by atoms with E-state index in [1.807, 2.05) is 0 Å². The molecule has 1 aliphatic rings. The number of nitrogens with one attached hydrogen (secondary N) is 1. The Bertz CT molecular complexity index is 599. The van der Waals surface area contributed by atoms with Gasteiger partial charge >= 0.3 is 0 Å². The summed E-state index contributed by atoms with van der Waals surface area (Å²) in [5.41, 5.74) is 6.91. The Balaban J connectivity index is 2.06. The van der Waals surface area contributed by atoms with E-state index < -0.39 is 0 Å². The van der Waals surface area contributed by atoms with Crippen LogP contribution in [0.2, 0.25) is 0 Å². The molecule has 3 rings (SSSR count). The second-order valence-corrected chi connectivity index (χ2v) is 5.85. The smallest absolute Gasteiger partial charge is 0.0361 e. The molecule has 20 heavy (non-hydrogen) atoms. The number of anilines is 1. The van der Waals surface area contributed by atoms with Crippen molar-refractivity contribution in [3.63, 3.8) is 0 Å². The summed E-state index contributed by atoms with van der Waals surface area (Å²) < 4.78 is 0. The van der Waals surface area contributed by atoms with E-state index in [-0.39, 0.29) is 0 Å². The van der Waals surface area contributed by atoms with Gasteiger partial charge in [0.05, 0.1) is 0 Å². The molecule has 1 heterocycles. The molecule has 0 amide bonds. The van der Waals surface area contributed by atoms with E-state index in [0.29, 0.717) is 5.92 Å². The van der Waals surface area contributed by atoms with E-state index in [2.05, 4.69) is 73.7 Å². The summed E-state index contributed by atoms with van der Waals surface area (Å²) in [4.78, 5) is 2.14. The Morgan fingerprint density at radius 3 is 2.50 bits per heavy atom. The highest BCUT2D eigenvalue weighted by Crippen LogP contribution is 2.34. The predicted molar refractivity (Wildman–Crippen MR) is 86.3 cm³/mol. The molecule has 1 unspecified atom stereocenters. The van der Waals surface area contributed by atoms with Gasteiger partial charge in [0.1, 0.15) is 0 Å². The molecule has 2 heteroatoms. The van der Waals surface area contributed by atoms with Crippen molar-refractivity contribution < 1.29 is 0 Å². The first-order chi connectivity index (χ1) is 9.66. The molecule has 1 atom stereocenters. The van der Waals surface area contributed by atoms with Gasteiger partial charge in [0, 0.05) is 32.9 Å². The minimum Gasteiger partial charge on any atom is -0.378 e. The van der Waals surface area contributed by atoms with Crippen molar-refractivity contribution in [1.29, 1.82) is 0 Å². The number of nitrogens with zero attached hydrogens (tertiary/aromatic N) is 1. The highest BCUT2D eigenvalue weighted by Gasteiger charge is 2.19. The lowest BCUT2D eigenvalue weighted by Gasteiger charge is -2.26. The van der Waals surface area contributed by atoms with Gasteiger partial charge in [0.25, 0.3) is 0 Å². The Kier molecular flexibility index (Phi) is 3.49. The fourth-order valence-corrected chi connectivity index (χ4v) is 3.07. The molecule has 2 aromatic rings. The van der Waals surface area contributed by atoms with Gasteiger partial charge in [0.15, 0.2) is 0 Å². The molecule has 0 radical (unpaired) electrons. The van der Waals surface area contributed by atoms with E-state index >= 15 is 0 Å².